The van der Waals surface area contributed by atoms with Gasteiger partial charge in [-0.1, -0.05) is 24.3 Å². The molecule has 0 aliphatic heterocycles. The average molecular weight is 508 g/mol. The number of ether oxygens (including phenoxy) is 1. The predicted octanol–water partition coefficient (Wildman–Crippen LogP) is 5.91. The smallest absolute Gasteiger partial charge is 0.142 e. The van der Waals surface area contributed by atoms with Crippen LogP contribution in [0.25, 0.3) is 17.2 Å². The fraction of sp³-hybridized carbons (Fsp3) is 0.111. The molecule has 0 spiro atoms. The molecule has 2 N–H and O–H groups in total. The van der Waals surface area contributed by atoms with E-state index in [1.165, 1.54) is 0 Å². The molecular weight excluding hydrogens is 490 g/mol. The number of nitrogens with zero attached hydrogens (tertiary/aromatic N) is 4. The minimum atomic E-state index is 0.128. The second-order valence-corrected chi connectivity index (χ2v) is 8.60. The van der Waals surface area contributed by atoms with Crippen LogP contribution in [0.2, 0.25) is 0 Å². The van der Waals surface area contributed by atoms with E-state index < -0.39 is 0 Å². The lowest BCUT2D eigenvalue weighted by molar-refractivity contribution is 0.304. The standard InChI is InChI=1S/C27H18BrN5O/c1-15-20(25-16(2)22(13-31)27(32)33-26(25)21(15)12-30)9-17-7-8-24(23(28)10-17)34-14-19-6-4-3-5-18(19)11-29/h3-10H,14H2,1-2H3,(H2,32,33). The fourth-order valence-corrected chi connectivity index (χ4v) is 4.51. The summed E-state index contributed by atoms with van der Waals surface area (Å²) in [5.41, 5.74) is 12.6. The fourth-order valence-electron chi connectivity index (χ4n) is 4.00. The monoisotopic (exact) mass is 507 g/mol. The van der Waals surface area contributed by atoms with Crippen molar-refractivity contribution in [1.29, 1.82) is 15.8 Å². The van der Waals surface area contributed by atoms with E-state index in [0.29, 0.717) is 33.7 Å². The Kier molecular flexibility index (Phi) is 6.19. The van der Waals surface area contributed by atoms with Gasteiger partial charge in [0.2, 0.25) is 0 Å². The molecule has 164 valence electrons. The van der Waals surface area contributed by atoms with E-state index in [4.69, 9.17) is 10.5 Å². The molecule has 4 rings (SSSR count). The van der Waals surface area contributed by atoms with Crippen LogP contribution in [-0.4, -0.2) is 4.98 Å². The number of aromatic nitrogens is 1. The molecule has 3 aromatic rings. The van der Waals surface area contributed by atoms with Gasteiger partial charge >= 0.3 is 0 Å². The number of rotatable bonds is 4. The summed E-state index contributed by atoms with van der Waals surface area (Å²) >= 11 is 3.57. The molecule has 1 aromatic heterocycles. The van der Waals surface area contributed by atoms with Gasteiger partial charge in [-0.05, 0) is 76.3 Å². The van der Waals surface area contributed by atoms with Crippen molar-refractivity contribution in [2.75, 3.05) is 5.73 Å². The maximum atomic E-state index is 9.72. The summed E-state index contributed by atoms with van der Waals surface area (Å²) in [4.78, 5) is 4.36. The van der Waals surface area contributed by atoms with Gasteiger partial charge in [0.1, 0.15) is 30.3 Å². The van der Waals surface area contributed by atoms with Crippen molar-refractivity contribution in [1.82, 2.24) is 4.98 Å². The van der Waals surface area contributed by atoms with Gasteiger partial charge in [-0.15, -0.1) is 0 Å². The summed E-state index contributed by atoms with van der Waals surface area (Å²) in [5.74, 6) is 0.770. The molecule has 6 nitrogen and oxygen atoms in total. The van der Waals surface area contributed by atoms with Crippen LogP contribution in [0.1, 0.15) is 46.0 Å². The molecule has 0 fully saturated rings. The Bertz CT molecular complexity index is 1530. The number of nitriles is 3. The van der Waals surface area contributed by atoms with Crippen molar-refractivity contribution in [3.05, 3.63) is 91.6 Å². The number of nitrogen functional groups attached to an aromatic ring is 1. The van der Waals surface area contributed by atoms with Crippen LogP contribution >= 0.6 is 15.9 Å². The largest absolute Gasteiger partial charge is 0.488 e. The van der Waals surface area contributed by atoms with Gasteiger partial charge in [0.05, 0.1) is 32.9 Å². The van der Waals surface area contributed by atoms with Gasteiger partial charge in [-0.3, -0.25) is 0 Å². The number of hydrogen-bond acceptors (Lipinski definition) is 6. The van der Waals surface area contributed by atoms with Crippen molar-refractivity contribution < 1.29 is 4.74 Å². The first-order valence-electron chi connectivity index (χ1n) is 10.3. The Hall–Kier alpha value is -4.38. The van der Waals surface area contributed by atoms with Crippen LogP contribution in [0.4, 0.5) is 5.82 Å². The van der Waals surface area contributed by atoms with E-state index in [-0.39, 0.29) is 12.4 Å². The maximum Gasteiger partial charge on any atom is 0.142 e. The third kappa shape index (κ3) is 3.92. The van der Waals surface area contributed by atoms with Crippen LogP contribution in [0.3, 0.4) is 0 Å². The van der Waals surface area contributed by atoms with Crippen LogP contribution in [0.5, 0.6) is 5.75 Å². The third-order valence-electron chi connectivity index (χ3n) is 5.77. The Morgan fingerprint density at radius 3 is 2.50 bits per heavy atom. The number of nitrogens with two attached hydrogens (primary N) is 1. The molecule has 0 saturated carbocycles. The van der Waals surface area contributed by atoms with Gasteiger partial charge in [-0.2, -0.15) is 15.8 Å². The zero-order chi connectivity index (χ0) is 24.4. The second kappa shape index (κ2) is 9.24. The Balaban J connectivity index is 1.70. The Morgan fingerprint density at radius 1 is 1.06 bits per heavy atom. The van der Waals surface area contributed by atoms with Gasteiger partial charge in [0.25, 0.3) is 0 Å². The zero-order valence-corrected chi connectivity index (χ0v) is 20.1. The molecule has 0 atom stereocenters. The molecule has 1 heterocycles. The minimum absolute atomic E-state index is 0.128. The summed E-state index contributed by atoms with van der Waals surface area (Å²) < 4.78 is 6.69. The van der Waals surface area contributed by atoms with Crippen LogP contribution < -0.4 is 10.5 Å². The van der Waals surface area contributed by atoms with E-state index >= 15 is 0 Å². The van der Waals surface area contributed by atoms with Crippen LogP contribution in [0, 0.1) is 40.9 Å². The lowest BCUT2D eigenvalue weighted by atomic mass is 9.95. The molecule has 34 heavy (non-hydrogen) atoms. The lowest BCUT2D eigenvalue weighted by Crippen LogP contribution is -2.03. The highest BCUT2D eigenvalue weighted by atomic mass is 79.9. The molecule has 1 aliphatic rings. The molecule has 0 unspecified atom stereocenters. The number of benzene rings is 2. The van der Waals surface area contributed by atoms with E-state index in [2.05, 4.69) is 39.1 Å². The van der Waals surface area contributed by atoms with E-state index in [9.17, 15) is 15.8 Å². The SMILES string of the molecule is CC1=C(C#N)c2nc(N)c(C#N)c(C)c2C1=Cc1ccc(OCc2ccccc2C#N)c(Br)c1. The highest BCUT2D eigenvalue weighted by Gasteiger charge is 2.29. The molecule has 0 radical (unpaired) electrons. The third-order valence-corrected chi connectivity index (χ3v) is 6.39. The molecule has 0 bridgehead atoms. The summed E-state index contributed by atoms with van der Waals surface area (Å²) in [7, 11) is 0. The quantitative estimate of drug-likeness (QED) is 0.468. The predicted molar refractivity (Wildman–Crippen MR) is 134 cm³/mol. The molecule has 0 amide bonds. The van der Waals surface area contributed by atoms with E-state index in [1.807, 2.05) is 56.3 Å². The highest BCUT2D eigenvalue weighted by Crippen LogP contribution is 2.44. The van der Waals surface area contributed by atoms with Crippen LogP contribution in [0.15, 0.2) is 52.5 Å². The number of allylic oxidation sites excluding steroid dienone is 3. The van der Waals surface area contributed by atoms with E-state index in [0.717, 1.165) is 32.3 Å². The number of anilines is 1. The number of fused-ring (bicyclic) bond motifs is 1. The van der Waals surface area contributed by atoms with Gasteiger partial charge < -0.3 is 10.5 Å². The first-order chi connectivity index (χ1) is 16.4. The van der Waals surface area contributed by atoms with Crippen molar-refractivity contribution in [2.24, 2.45) is 0 Å². The van der Waals surface area contributed by atoms with Gasteiger partial charge in [0, 0.05) is 11.1 Å². The molecule has 0 saturated heterocycles. The van der Waals surface area contributed by atoms with Gasteiger partial charge in [0.15, 0.2) is 0 Å². The summed E-state index contributed by atoms with van der Waals surface area (Å²) in [5, 5.41) is 28.5. The lowest BCUT2D eigenvalue weighted by Gasteiger charge is -2.12. The molecule has 7 heteroatoms. The molecule has 1 aliphatic carbocycles. The van der Waals surface area contributed by atoms with Crippen molar-refractivity contribution >= 4 is 39.0 Å². The first kappa shape index (κ1) is 22.8. The number of halogens is 1. The summed E-state index contributed by atoms with van der Waals surface area (Å²) in [6.45, 7) is 3.96. The van der Waals surface area contributed by atoms with Crippen molar-refractivity contribution in [3.63, 3.8) is 0 Å². The van der Waals surface area contributed by atoms with Crippen molar-refractivity contribution in [2.45, 2.75) is 20.5 Å². The minimum Gasteiger partial charge on any atom is -0.488 e. The topological polar surface area (TPSA) is 120 Å². The van der Waals surface area contributed by atoms with Crippen LogP contribution in [-0.2, 0) is 6.61 Å². The normalized spacial score (nSPS) is 13.2. The zero-order valence-electron chi connectivity index (χ0n) is 18.5. The number of hydrogen-bond donors (Lipinski definition) is 1. The highest BCUT2D eigenvalue weighted by molar-refractivity contribution is 9.10. The average Bonchev–Trinajstić information content (AvgIpc) is 3.09. The maximum absolute atomic E-state index is 9.72. The number of pyridine rings is 1. The first-order valence-corrected chi connectivity index (χ1v) is 11.1. The van der Waals surface area contributed by atoms with E-state index in [1.54, 1.807) is 6.07 Å². The van der Waals surface area contributed by atoms with Gasteiger partial charge in [-0.25, -0.2) is 4.98 Å². The second-order valence-electron chi connectivity index (χ2n) is 7.75. The summed E-state index contributed by atoms with van der Waals surface area (Å²) in [6.07, 6.45) is 1.96. The molecular formula is C27H18BrN5O. The molecule has 2 aromatic carbocycles. The summed E-state index contributed by atoms with van der Waals surface area (Å²) in [6, 6.07) is 19.5. The van der Waals surface area contributed by atoms with Crippen molar-refractivity contribution in [3.8, 4) is 24.0 Å². The Morgan fingerprint density at radius 2 is 1.82 bits per heavy atom. The Labute approximate surface area is 206 Å².